The first kappa shape index (κ1) is 21.4. The highest BCUT2D eigenvalue weighted by Crippen LogP contribution is 2.17. The molecule has 0 aliphatic carbocycles. The van der Waals surface area contributed by atoms with Crippen LogP contribution < -0.4 is 16.4 Å². The number of nitrogens with one attached hydrogen (secondary N) is 2. The molecule has 1 heterocycles. The van der Waals surface area contributed by atoms with Crippen molar-refractivity contribution in [1.29, 1.82) is 0 Å². The number of hydrogen-bond donors (Lipinski definition) is 3. The summed E-state index contributed by atoms with van der Waals surface area (Å²) in [6.07, 6.45) is 0.163. The zero-order chi connectivity index (χ0) is 20.2. The van der Waals surface area contributed by atoms with Crippen molar-refractivity contribution in [3.8, 4) is 0 Å². The van der Waals surface area contributed by atoms with Crippen LogP contribution in [0, 0.1) is 6.92 Å². The summed E-state index contributed by atoms with van der Waals surface area (Å²) in [5, 5.41) is 13.2. The summed E-state index contributed by atoms with van der Waals surface area (Å²) in [7, 11) is 0. The van der Waals surface area contributed by atoms with E-state index in [2.05, 4.69) is 20.8 Å². The van der Waals surface area contributed by atoms with Crippen LogP contribution in [0.2, 0.25) is 0 Å². The number of carbonyl (C=O) groups excluding carboxylic acids is 2. The van der Waals surface area contributed by atoms with E-state index in [1.54, 1.807) is 43.3 Å². The highest BCUT2D eigenvalue weighted by atomic mass is 16.5. The third-order valence-electron chi connectivity index (χ3n) is 3.59. The van der Waals surface area contributed by atoms with Crippen LogP contribution in [0.5, 0.6) is 0 Å². The molecule has 1 aromatic heterocycles. The molecule has 4 N–H and O–H groups in total. The number of ether oxygens (including phenoxy) is 2. The molecule has 9 heteroatoms. The summed E-state index contributed by atoms with van der Waals surface area (Å²) in [6.45, 7) is 3.84. The van der Waals surface area contributed by atoms with Crippen molar-refractivity contribution in [3.05, 3.63) is 47.7 Å². The van der Waals surface area contributed by atoms with Crippen LogP contribution >= 0.6 is 0 Å². The normalized spacial score (nSPS) is 10.5. The topological polar surface area (TPSA) is 128 Å². The van der Waals surface area contributed by atoms with E-state index in [9.17, 15) is 9.59 Å². The molecule has 0 fully saturated rings. The third kappa shape index (κ3) is 7.39. The molecular weight excluding hydrogens is 362 g/mol. The van der Waals surface area contributed by atoms with Gasteiger partial charge in [0.1, 0.15) is 0 Å². The van der Waals surface area contributed by atoms with Crippen molar-refractivity contribution in [1.82, 2.24) is 10.2 Å². The number of amides is 2. The molecule has 0 saturated heterocycles. The Morgan fingerprint density at radius 1 is 0.964 bits per heavy atom. The van der Waals surface area contributed by atoms with Crippen molar-refractivity contribution in [2.45, 2.75) is 13.3 Å². The van der Waals surface area contributed by atoms with E-state index < -0.39 is 0 Å². The van der Waals surface area contributed by atoms with Crippen molar-refractivity contribution >= 4 is 23.3 Å². The van der Waals surface area contributed by atoms with Gasteiger partial charge in [0, 0.05) is 6.54 Å². The average Bonchev–Trinajstić information content (AvgIpc) is 2.69. The minimum atomic E-state index is -0.387. The maximum absolute atomic E-state index is 12.5. The lowest BCUT2D eigenvalue weighted by atomic mass is 10.1. The molecule has 0 aliphatic heterocycles. The van der Waals surface area contributed by atoms with Gasteiger partial charge in [-0.25, -0.2) is 0 Å². The van der Waals surface area contributed by atoms with Crippen molar-refractivity contribution < 1.29 is 19.1 Å². The highest BCUT2D eigenvalue weighted by Gasteiger charge is 2.14. The fraction of sp³-hybridized carbons (Fsp3) is 0.368. The first-order valence-corrected chi connectivity index (χ1v) is 8.96. The molecule has 150 valence electrons. The average molecular weight is 387 g/mol. The minimum Gasteiger partial charge on any atom is -0.379 e. The monoisotopic (exact) mass is 387 g/mol. The smallest absolute Gasteiger partial charge is 0.258 e. The predicted molar refractivity (Wildman–Crippen MR) is 105 cm³/mol. The standard InChI is InChI=1S/C19H25N5O4/c1-14-6-7-17(24-23-14)22-19(26)15-4-2-3-5-16(15)21-18(25)8-10-27-12-13-28-11-9-20/h2-7H,8-13,20H2,1H3,(H,21,25)(H,22,24,26). The van der Waals surface area contributed by atoms with Gasteiger partial charge in [0.05, 0.1) is 49.8 Å². The fourth-order valence-electron chi connectivity index (χ4n) is 2.22. The van der Waals surface area contributed by atoms with Crippen molar-refractivity contribution in [3.63, 3.8) is 0 Å². The number of aromatic nitrogens is 2. The summed E-state index contributed by atoms with van der Waals surface area (Å²) in [6, 6.07) is 10.2. The molecule has 0 atom stereocenters. The second-order valence-electron chi connectivity index (χ2n) is 5.87. The molecule has 2 amide bonds. The molecule has 28 heavy (non-hydrogen) atoms. The van der Waals surface area contributed by atoms with E-state index in [0.717, 1.165) is 5.69 Å². The Bertz CT molecular complexity index is 767. The molecule has 9 nitrogen and oxygen atoms in total. The number of benzene rings is 1. The van der Waals surface area contributed by atoms with Crippen LogP contribution in [0.4, 0.5) is 11.5 Å². The molecule has 0 radical (unpaired) electrons. The van der Waals surface area contributed by atoms with Gasteiger partial charge in [-0.2, -0.15) is 5.10 Å². The van der Waals surface area contributed by atoms with Gasteiger partial charge >= 0.3 is 0 Å². The number of nitrogens with zero attached hydrogens (tertiary/aromatic N) is 2. The number of rotatable bonds is 11. The van der Waals surface area contributed by atoms with E-state index in [1.807, 2.05) is 0 Å². The van der Waals surface area contributed by atoms with Gasteiger partial charge in [-0.1, -0.05) is 12.1 Å². The maximum atomic E-state index is 12.5. The SMILES string of the molecule is Cc1ccc(NC(=O)c2ccccc2NC(=O)CCOCCOCCN)nn1. The van der Waals surface area contributed by atoms with Crippen LogP contribution in [-0.4, -0.2) is 55.0 Å². The Hall–Kier alpha value is -2.88. The van der Waals surface area contributed by atoms with Gasteiger partial charge in [-0.3, -0.25) is 9.59 Å². The van der Waals surface area contributed by atoms with E-state index in [1.165, 1.54) is 0 Å². The predicted octanol–water partition coefficient (Wildman–Crippen LogP) is 1.36. The van der Waals surface area contributed by atoms with Gasteiger partial charge in [-0.15, -0.1) is 5.10 Å². The fourth-order valence-corrected chi connectivity index (χ4v) is 2.22. The lowest BCUT2D eigenvalue weighted by Gasteiger charge is -2.11. The third-order valence-corrected chi connectivity index (χ3v) is 3.59. The minimum absolute atomic E-state index is 0.163. The Kier molecular flexibility index (Phi) is 8.99. The zero-order valence-corrected chi connectivity index (χ0v) is 15.8. The highest BCUT2D eigenvalue weighted by molar-refractivity contribution is 6.09. The molecular formula is C19H25N5O4. The number of anilines is 2. The first-order valence-electron chi connectivity index (χ1n) is 8.96. The van der Waals surface area contributed by atoms with Crippen molar-refractivity contribution in [2.24, 2.45) is 5.73 Å². The zero-order valence-electron chi connectivity index (χ0n) is 15.8. The van der Waals surface area contributed by atoms with Gasteiger partial charge in [0.25, 0.3) is 5.91 Å². The Morgan fingerprint density at radius 3 is 2.43 bits per heavy atom. The second kappa shape index (κ2) is 11.8. The van der Waals surface area contributed by atoms with Crippen LogP contribution in [0.15, 0.2) is 36.4 Å². The summed E-state index contributed by atoms with van der Waals surface area (Å²) in [4.78, 5) is 24.6. The quantitative estimate of drug-likeness (QED) is 0.497. The molecule has 0 bridgehead atoms. The lowest BCUT2D eigenvalue weighted by Crippen LogP contribution is -2.20. The van der Waals surface area contributed by atoms with Gasteiger partial charge in [0.2, 0.25) is 5.91 Å². The number of nitrogens with two attached hydrogens (primary N) is 1. The van der Waals surface area contributed by atoms with Crippen LogP contribution in [-0.2, 0) is 14.3 Å². The molecule has 0 aliphatic rings. The number of carbonyl (C=O) groups is 2. The molecule has 2 rings (SSSR count). The molecule has 0 unspecified atom stereocenters. The lowest BCUT2D eigenvalue weighted by molar-refractivity contribution is -0.117. The number of para-hydroxylation sites is 1. The summed E-state index contributed by atoms with van der Waals surface area (Å²) < 4.78 is 10.5. The number of hydrogen-bond acceptors (Lipinski definition) is 7. The summed E-state index contributed by atoms with van der Waals surface area (Å²) in [5.74, 6) is -0.303. The number of aryl methyl sites for hydroxylation is 1. The van der Waals surface area contributed by atoms with Crippen LogP contribution in [0.1, 0.15) is 22.5 Å². The molecule has 0 spiro atoms. The summed E-state index contributed by atoms with van der Waals surface area (Å²) in [5.41, 5.74) is 6.80. The second-order valence-corrected chi connectivity index (χ2v) is 5.87. The Morgan fingerprint density at radius 2 is 1.71 bits per heavy atom. The first-order chi connectivity index (χ1) is 13.6. The Labute approximate surface area is 163 Å². The van der Waals surface area contributed by atoms with Gasteiger partial charge in [0.15, 0.2) is 5.82 Å². The van der Waals surface area contributed by atoms with E-state index in [0.29, 0.717) is 43.4 Å². The van der Waals surface area contributed by atoms with E-state index in [4.69, 9.17) is 15.2 Å². The van der Waals surface area contributed by atoms with Crippen LogP contribution in [0.25, 0.3) is 0 Å². The van der Waals surface area contributed by atoms with E-state index >= 15 is 0 Å². The molecule has 2 aromatic rings. The summed E-state index contributed by atoms with van der Waals surface area (Å²) >= 11 is 0. The van der Waals surface area contributed by atoms with Gasteiger partial charge < -0.3 is 25.8 Å². The Balaban J connectivity index is 1.84. The molecule has 1 aromatic carbocycles. The van der Waals surface area contributed by atoms with Crippen LogP contribution in [0.3, 0.4) is 0 Å². The maximum Gasteiger partial charge on any atom is 0.258 e. The largest absolute Gasteiger partial charge is 0.379 e. The van der Waals surface area contributed by atoms with Crippen molar-refractivity contribution in [2.75, 3.05) is 43.6 Å². The molecule has 0 saturated carbocycles. The van der Waals surface area contributed by atoms with E-state index in [-0.39, 0.29) is 24.8 Å². The van der Waals surface area contributed by atoms with Gasteiger partial charge in [-0.05, 0) is 31.2 Å².